The average Bonchev–Trinajstić information content (AvgIpc) is 2.71. The molecule has 104 valence electrons. The monoisotopic (exact) mass is 256 g/mol. The molecule has 0 radical (unpaired) electrons. The van der Waals surface area contributed by atoms with Crippen LogP contribution in [-0.2, 0) is 14.3 Å². The number of nitrogens with zero attached hydrogens (tertiary/aromatic N) is 1. The van der Waals surface area contributed by atoms with Gasteiger partial charge < -0.3 is 15.0 Å². The molecule has 0 saturated carbocycles. The highest BCUT2D eigenvalue weighted by molar-refractivity contribution is 5.89. The van der Waals surface area contributed by atoms with E-state index < -0.39 is 0 Å². The predicted octanol–water partition coefficient (Wildman–Crippen LogP) is 0.785. The summed E-state index contributed by atoms with van der Waals surface area (Å²) in [6.07, 6.45) is 1.21. The Kier molecular flexibility index (Phi) is 5.59. The molecule has 0 spiro atoms. The lowest BCUT2D eigenvalue weighted by Gasteiger charge is -2.24. The van der Waals surface area contributed by atoms with E-state index in [0.29, 0.717) is 19.6 Å². The lowest BCUT2D eigenvalue weighted by molar-refractivity contribution is -0.130. The molecule has 3 atom stereocenters. The molecular formula is C13H24N2O3. The third-order valence-corrected chi connectivity index (χ3v) is 3.47. The number of amides is 2. The predicted molar refractivity (Wildman–Crippen MR) is 69.1 cm³/mol. The number of rotatable bonds is 6. The summed E-state index contributed by atoms with van der Waals surface area (Å²) in [5.74, 6) is -0.181. The molecule has 1 aliphatic rings. The minimum absolute atomic E-state index is 0.00943. The normalized spacial score (nSPS) is 23.0. The standard InChI is InChI=1S/C13H24N2O3/c1-5-9(2)14-13(17)11-6-12(16)15(7-11)10(3)8-18-4/h9-11H,5-8H2,1-4H3,(H,14,17)/t9-,10-,11-/m0/s1. The molecule has 1 heterocycles. The van der Waals surface area contributed by atoms with Crippen molar-refractivity contribution >= 4 is 11.8 Å². The highest BCUT2D eigenvalue weighted by Crippen LogP contribution is 2.20. The first-order chi connectivity index (χ1) is 8.49. The highest BCUT2D eigenvalue weighted by Gasteiger charge is 2.36. The van der Waals surface area contributed by atoms with Gasteiger partial charge in [0.25, 0.3) is 0 Å². The molecule has 0 aliphatic carbocycles. The van der Waals surface area contributed by atoms with Crippen molar-refractivity contribution in [3.63, 3.8) is 0 Å². The average molecular weight is 256 g/mol. The van der Waals surface area contributed by atoms with Gasteiger partial charge in [0, 0.05) is 26.1 Å². The molecule has 1 fully saturated rings. The van der Waals surface area contributed by atoms with Crippen LogP contribution in [0.15, 0.2) is 0 Å². The van der Waals surface area contributed by atoms with Gasteiger partial charge in [0.15, 0.2) is 0 Å². The van der Waals surface area contributed by atoms with Crippen LogP contribution in [0.25, 0.3) is 0 Å². The van der Waals surface area contributed by atoms with Crippen molar-refractivity contribution in [1.82, 2.24) is 10.2 Å². The molecule has 0 unspecified atom stereocenters. The number of hydrogen-bond donors (Lipinski definition) is 1. The fourth-order valence-corrected chi connectivity index (χ4v) is 2.13. The van der Waals surface area contributed by atoms with Crippen molar-refractivity contribution in [2.75, 3.05) is 20.3 Å². The molecule has 5 nitrogen and oxygen atoms in total. The smallest absolute Gasteiger partial charge is 0.225 e. The molecule has 1 N–H and O–H groups in total. The van der Waals surface area contributed by atoms with Gasteiger partial charge in [-0.25, -0.2) is 0 Å². The summed E-state index contributed by atoms with van der Waals surface area (Å²) >= 11 is 0. The van der Waals surface area contributed by atoms with E-state index in [1.165, 1.54) is 0 Å². The van der Waals surface area contributed by atoms with Crippen molar-refractivity contribution < 1.29 is 14.3 Å². The highest BCUT2D eigenvalue weighted by atomic mass is 16.5. The second-order valence-electron chi connectivity index (χ2n) is 5.07. The molecule has 2 amide bonds. The van der Waals surface area contributed by atoms with Gasteiger partial charge in [0.2, 0.25) is 11.8 Å². The van der Waals surface area contributed by atoms with Crippen molar-refractivity contribution in [1.29, 1.82) is 0 Å². The zero-order chi connectivity index (χ0) is 13.7. The number of hydrogen-bond acceptors (Lipinski definition) is 3. The Hall–Kier alpha value is -1.10. The van der Waals surface area contributed by atoms with Gasteiger partial charge >= 0.3 is 0 Å². The third kappa shape index (κ3) is 3.70. The summed E-state index contributed by atoms with van der Waals surface area (Å²) in [6, 6.07) is 0.196. The van der Waals surface area contributed by atoms with Gasteiger partial charge in [0.05, 0.1) is 18.6 Å². The third-order valence-electron chi connectivity index (χ3n) is 3.47. The van der Waals surface area contributed by atoms with Crippen LogP contribution in [0, 0.1) is 5.92 Å². The van der Waals surface area contributed by atoms with E-state index in [1.54, 1.807) is 12.0 Å². The molecule has 0 aromatic heterocycles. The number of carbonyl (C=O) groups is 2. The Morgan fingerprint density at radius 2 is 2.22 bits per heavy atom. The van der Waals surface area contributed by atoms with Crippen molar-refractivity contribution in [3.05, 3.63) is 0 Å². The fourth-order valence-electron chi connectivity index (χ4n) is 2.13. The number of carbonyl (C=O) groups excluding carboxylic acids is 2. The van der Waals surface area contributed by atoms with Crippen LogP contribution < -0.4 is 5.32 Å². The summed E-state index contributed by atoms with van der Waals surface area (Å²) in [7, 11) is 1.62. The van der Waals surface area contributed by atoms with Crippen LogP contribution in [0.3, 0.4) is 0 Å². The zero-order valence-corrected chi connectivity index (χ0v) is 11.7. The maximum Gasteiger partial charge on any atom is 0.225 e. The van der Waals surface area contributed by atoms with Gasteiger partial charge in [-0.15, -0.1) is 0 Å². The Morgan fingerprint density at radius 3 is 2.78 bits per heavy atom. The summed E-state index contributed by atoms with van der Waals surface area (Å²) < 4.78 is 5.05. The number of ether oxygens (including phenoxy) is 1. The number of methoxy groups -OCH3 is 1. The first-order valence-electron chi connectivity index (χ1n) is 6.58. The van der Waals surface area contributed by atoms with E-state index >= 15 is 0 Å². The van der Waals surface area contributed by atoms with E-state index in [9.17, 15) is 9.59 Å². The molecule has 1 saturated heterocycles. The van der Waals surface area contributed by atoms with Crippen LogP contribution in [0.4, 0.5) is 0 Å². The SMILES string of the molecule is CC[C@H](C)NC(=O)[C@H]1CC(=O)N([C@@H](C)COC)C1. The van der Waals surface area contributed by atoms with Crippen LogP contribution in [0.5, 0.6) is 0 Å². The topological polar surface area (TPSA) is 58.6 Å². The largest absolute Gasteiger partial charge is 0.383 e. The van der Waals surface area contributed by atoms with E-state index in [2.05, 4.69) is 5.32 Å². The van der Waals surface area contributed by atoms with Gasteiger partial charge in [-0.1, -0.05) is 6.92 Å². The summed E-state index contributed by atoms with van der Waals surface area (Å²) in [5, 5.41) is 2.93. The maximum absolute atomic E-state index is 12.0. The Balaban J connectivity index is 2.52. The quantitative estimate of drug-likeness (QED) is 0.764. The molecule has 0 aromatic rings. The number of likely N-dealkylation sites (tertiary alicyclic amines) is 1. The van der Waals surface area contributed by atoms with Crippen LogP contribution >= 0.6 is 0 Å². The fraction of sp³-hybridized carbons (Fsp3) is 0.846. The van der Waals surface area contributed by atoms with Gasteiger partial charge in [-0.3, -0.25) is 9.59 Å². The summed E-state index contributed by atoms with van der Waals surface area (Å²) in [6.45, 7) is 6.95. The molecule has 5 heteroatoms. The van der Waals surface area contributed by atoms with Gasteiger partial charge in [-0.2, -0.15) is 0 Å². The first kappa shape index (κ1) is 15.0. The van der Waals surface area contributed by atoms with E-state index in [0.717, 1.165) is 6.42 Å². The van der Waals surface area contributed by atoms with Gasteiger partial charge in [-0.05, 0) is 20.3 Å². The van der Waals surface area contributed by atoms with E-state index in [-0.39, 0.29) is 29.8 Å². The molecular weight excluding hydrogens is 232 g/mol. The van der Waals surface area contributed by atoms with Crippen LogP contribution in [0.1, 0.15) is 33.6 Å². The van der Waals surface area contributed by atoms with Gasteiger partial charge in [0.1, 0.15) is 0 Å². The van der Waals surface area contributed by atoms with E-state index in [1.807, 2.05) is 20.8 Å². The lowest BCUT2D eigenvalue weighted by Crippen LogP contribution is -2.40. The van der Waals surface area contributed by atoms with Crippen molar-refractivity contribution in [2.24, 2.45) is 5.92 Å². The Morgan fingerprint density at radius 1 is 1.56 bits per heavy atom. The number of nitrogens with one attached hydrogen (secondary N) is 1. The molecule has 0 bridgehead atoms. The Labute approximate surface area is 109 Å². The van der Waals surface area contributed by atoms with Crippen molar-refractivity contribution in [2.45, 2.75) is 45.7 Å². The Bertz CT molecular complexity index is 307. The molecule has 18 heavy (non-hydrogen) atoms. The molecule has 1 aliphatic heterocycles. The van der Waals surface area contributed by atoms with Crippen LogP contribution in [0.2, 0.25) is 0 Å². The first-order valence-corrected chi connectivity index (χ1v) is 6.58. The lowest BCUT2D eigenvalue weighted by atomic mass is 10.1. The zero-order valence-electron chi connectivity index (χ0n) is 11.7. The maximum atomic E-state index is 12.0. The summed E-state index contributed by atoms with van der Waals surface area (Å²) in [4.78, 5) is 25.6. The molecule has 0 aromatic carbocycles. The second kappa shape index (κ2) is 6.73. The van der Waals surface area contributed by atoms with Crippen molar-refractivity contribution in [3.8, 4) is 0 Å². The van der Waals surface area contributed by atoms with Crippen LogP contribution in [-0.4, -0.2) is 49.1 Å². The minimum atomic E-state index is -0.217. The molecule has 1 rings (SSSR count). The second-order valence-corrected chi connectivity index (χ2v) is 5.07. The summed E-state index contributed by atoms with van der Waals surface area (Å²) in [5.41, 5.74) is 0. The van der Waals surface area contributed by atoms with E-state index in [4.69, 9.17) is 4.74 Å². The minimum Gasteiger partial charge on any atom is -0.383 e.